The van der Waals surface area contributed by atoms with Crippen molar-refractivity contribution >= 4 is 29.9 Å². The third-order valence-corrected chi connectivity index (χ3v) is 4.55. The Morgan fingerprint density at radius 2 is 2.04 bits per heavy atom. The molecule has 0 amide bonds. The predicted molar refractivity (Wildman–Crippen MR) is 123 cm³/mol. The number of rotatable bonds is 9. The first-order valence-corrected chi connectivity index (χ1v) is 9.63. The van der Waals surface area contributed by atoms with E-state index in [2.05, 4.69) is 25.2 Å². The van der Waals surface area contributed by atoms with Crippen LogP contribution in [0.4, 0.5) is 0 Å². The van der Waals surface area contributed by atoms with Crippen LogP contribution in [0.5, 0.6) is 0 Å². The van der Waals surface area contributed by atoms with Crippen LogP contribution in [0.2, 0.25) is 0 Å². The molecule has 1 atom stereocenters. The van der Waals surface area contributed by atoms with E-state index >= 15 is 0 Å². The van der Waals surface area contributed by atoms with Gasteiger partial charge in [0.25, 0.3) is 0 Å². The molecule has 0 aliphatic rings. The van der Waals surface area contributed by atoms with Crippen LogP contribution in [-0.4, -0.2) is 40.3 Å². The van der Waals surface area contributed by atoms with E-state index in [1.807, 2.05) is 46.2 Å². The van der Waals surface area contributed by atoms with Gasteiger partial charge in [-0.3, -0.25) is 0 Å². The minimum Gasteiger partial charge on any atom is -0.466 e. The Hall–Kier alpha value is -1.55. The van der Waals surface area contributed by atoms with E-state index < -0.39 is 5.60 Å². The number of halogens is 1. The highest BCUT2D eigenvalue weighted by Gasteiger charge is 2.27. The van der Waals surface area contributed by atoms with Gasteiger partial charge in [0, 0.05) is 37.6 Å². The summed E-state index contributed by atoms with van der Waals surface area (Å²) < 4.78 is 7.70. The third kappa shape index (κ3) is 7.12. The van der Waals surface area contributed by atoms with Crippen molar-refractivity contribution in [2.24, 2.45) is 4.99 Å². The first-order valence-electron chi connectivity index (χ1n) is 9.63. The fourth-order valence-electron chi connectivity index (χ4n) is 3.08. The zero-order valence-corrected chi connectivity index (χ0v) is 19.9. The Morgan fingerprint density at radius 3 is 2.61 bits per heavy atom. The molecule has 2 aromatic heterocycles. The molecule has 0 fully saturated rings. The van der Waals surface area contributed by atoms with Gasteiger partial charge in [0.15, 0.2) is 5.96 Å². The molecule has 2 rings (SSSR count). The fourth-order valence-corrected chi connectivity index (χ4v) is 3.08. The number of aromatic nitrogens is 2. The average molecular weight is 503 g/mol. The fraction of sp³-hybridized carbons (Fsp3) is 0.600. The van der Waals surface area contributed by atoms with Gasteiger partial charge in [-0.25, -0.2) is 9.98 Å². The maximum atomic E-state index is 10.8. The summed E-state index contributed by atoms with van der Waals surface area (Å²) in [5.41, 5.74) is -0.279. The highest BCUT2D eigenvalue weighted by molar-refractivity contribution is 14.0. The van der Waals surface area contributed by atoms with E-state index in [4.69, 9.17) is 4.42 Å². The van der Waals surface area contributed by atoms with Crippen LogP contribution in [0.15, 0.2) is 27.9 Å². The molecule has 158 valence electrons. The molecule has 1 unspecified atom stereocenters. The van der Waals surface area contributed by atoms with Crippen LogP contribution < -0.4 is 10.6 Å². The number of nitrogens with zero attached hydrogens (tertiary/aromatic N) is 3. The van der Waals surface area contributed by atoms with E-state index in [1.54, 1.807) is 6.92 Å². The molecule has 28 heavy (non-hydrogen) atoms. The molecular weight excluding hydrogens is 469 g/mol. The lowest BCUT2D eigenvalue weighted by atomic mass is 9.96. The molecule has 7 nitrogen and oxygen atoms in total. The normalized spacial score (nSPS) is 13.7. The lowest BCUT2D eigenvalue weighted by Gasteiger charge is -2.21. The summed E-state index contributed by atoms with van der Waals surface area (Å²) in [5, 5.41) is 17.4. The second kappa shape index (κ2) is 11.5. The van der Waals surface area contributed by atoms with Crippen molar-refractivity contribution in [3.8, 4) is 0 Å². The number of guanidine groups is 1. The topological polar surface area (TPSA) is 87.6 Å². The van der Waals surface area contributed by atoms with Gasteiger partial charge < -0.3 is 24.7 Å². The van der Waals surface area contributed by atoms with Gasteiger partial charge in [-0.15, -0.1) is 24.0 Å². The molecule has 0 radical (unpaired) electrons. The summed E-state index contributed by atoms with van der Waals surface area (Å²) in [4.78, 5) is 8.80. The minimum absolute atomic E-state index is 0. The van der Waals surface area contributed by atoms with Gasteiger partial charge in [-0.1, -0.05) is 0 Å². The average Bonchev–Trinajstić information content (AvgIpc) is 3.17. The molecule has 0 saturated heterocycles. The number of furan rings is 1. The molecular formula is C20H34IN5O2. The third-order valence-electron chi connectivity index (χ3n) is 4.55. The first-order chi connectivity index (χ1) is 12.8. The molecule has 0 saturated carbocycles. The van der Waals surface area contributed by atoms with Crippen molar-refractivity contribution in [1.82, 2.24) is 20.2 Å². The maximum absolute atomic E-state index is 10.8. The Kier molecular flexibility index (Phi) is 10.0. The standard InChI is InChI=1S/C20H33N5O2.HI/c1-6-21-19(23-9-7-8-11-25-12-10-22-17(25)4)24-14-20(5,26)18-13-15(2)27-16(18)3;/h10,12-13,26H,6-9,11,14H2,1-5H3,(H2,21,23,24);1H. The number of aryl methyl sites for hydroxylation is 4. The maximum Gasteiger partial charge on any atom is 0.191 e. The van der Waals surface area contributed by atoms with Crippen molar-refractivity contribution < 1.29 is 9.52 Å². The van der Waals surface area contributed by atoms with Gasteiger partial charge in [0.1, 0.15) is 22.9 Å². The number of aliphatic hydroxyl groups is 1. The van der Waals surface area contributed by atoms with Gasteiger partial charge in [-0.05, 0) is 53.5 Å². The Balaban J connectivity index is 0.00000392. The van der Waals surface area contributed by atoms with E-state index in [0.29, 0.717) is 0 Å². The van der Waals surface area contributed by atoms with Crippen LogP contribution >= 0.6 is 24.0 Å². The number of unbranched alkanes of at least 4 members (excludes halogenated alkanes) is 1. The monoisotopic (exact) mass is 503 g/mol. The molecule has 2 aromatic rings. The Labute approximate surface area is 185 Å². The Morgan fingerprint density at radius 1 is 1.29 bits per heavy atom. The first kappa shape index (κ1) is 24.5. The predicted octanol–water partition coefficient (Wildman–Crippen LogP) is 3.26. The number of imidazole rings is 1. The number of hydrogen-bond acceptors (Lipinski definition) is 4. The zero-order valence-electron chi connectivity index (χ0n) is 17.6. The molecule has 0 aliphatic carbocycles. The SMILES string of the molecule is CCNC(=NCC(C)(O)c1cc(C)oc1C)NCCCCn1ccnc1C.I. The van der Waals surface area contributed by atoms with Crippen LogP contribution in [0.3, 0.4) is 0 Å². The summed E-state index contributed by atoms with van der Waals surface area (Å²) in [7, 11) is 0. The van der Waals surface area contributed by atoms with Crippen molar-refractivity contribution in [3.63, 3.8) is 0 Å². The van der Waals surface area contributed by atoms with Crippen LogP contribution in [0.25, 0.3) is 0 Å². The van der Waals surface area contributed by atoms with E-state index in [1.165, 1.54) is 0 Å². The van der Waals surface area contributed by atoms with Crippen molar-refractivity contribution in [3.05, 3.63) is 41.4 Å². The lowest BCUT2D eigenvalue weighted by molar-refractivity contribution is 0.0657. The van der Waals surface area contributed by atoms with Gasteiger partial charge in [0.05, 0.1) is 6.54 Å². The minimum atomic E-state index is -1.07. The van der Waals surface area contributed by atoms with Crippen LogP contribution in [-0.2, 0) is 12.1 Å². The molecule has 0 aliphatic heterocycles. The van der Waals surface area contributed by atoms with E-state index in [-0.39, 0.29) is 30.5 Å². The summed E-state index contributed by atoms with van der Waals surface area (Å²) in [5.74, 6) is 3.30. The largest absolute Gasteiger partial charge is 0.466 e. The highest BCUT2D eigenvalue weighted by Crippen LogP contribution is 2.27. The zero-order chi connectivity index (χ0) is 19.9. The summed E-state index contributed by atoms with van der Waals surface area (Å²) in [6, 6.07) is 1.88. The second-order valence-electron chi connectivity index (χ2n) is 7.10. The van der Waals surface area contributed by atoms with Gasteiger partial charge in [0.2, 0.25) is 0 Å². The van der Waals surface area contributed by atoms with Gasteiger partial charge in [-0.2, -0.15) is 0 Å². The van der Waals surface area contributed by atoms with Crippen molar-refractivity contribution in [2.45, 2.75) is 59.6 Å². The molecule has 3 N–H and O–H groups in total. The summed E-state index contributed by atoms with van der Waals surface area (Å²) in [6.07, 6.45) is 5.93. The molecule has 0 bridgehead atoms. The molecule has 0 spiro atoms. The summed E-state index contributed by atoms with van der Waals surface area (Å²) >= 11 is 0. The molecule has 8 heteroatoms. The quantitative estimate of drug-likeness (QED) is 0.212. The van der Waals surface area contributed by atoms with E-state index in [9.17, 15) is 5.11 Å². The number of hydrogen-bond donors (Lipinski definition) is 3. The van der Waals surface area contributed by atoms with E-state index in [0.717, 1.165) is 61.3 Å². The van der Waals surface area contributed by atoms with Crippen LogP contribution in [0, 0.1) is 20.8 Å². The highest BCUT2D eigenvalue weighted by atomic mass is 127. The molecule has 2 heterocycles. The smallest absolute Gasteiger partial charge is 0.191 e. The second-order valence-corrected chi connectivity index (χ2v) is 7.10. The Bertz CT molecular complexity index is 752. The number of aliphatic imine (C=N–C) groups is 1. The van der Waals surface area contributed by atoms with Crippen molar-refractivity contribution in [2.75, 3.05) is 19.6 Å². The van der Waals surface area contributed by atoms with Gasteiger partial charge >= 0.3 is 0 Å². The lowest BCUT2D eigenvalue weighted by Crippen LogP contribution is -2.39. The van der Waals surface area contributed by atoms with Crippen molar-refractivity contribution in [1.29, 1.82) is 0 Å². The molecule has 0 aromatic carbocycles. The van der Waals surface area contributed by atoms with Crippen LogP contribution in [0.1, 0.15) is 49.6 Å². The summed E-state index contributed by atoms with van der Waals surface area (Å²) in [6.45, 7) is 12.4. The number of nitrogens with one attached hydrogen (secondary N) is 2.